The van der Waals surface area contributed by atoms with Gasteiger partial charge >= 0.3 is 0 Å². The van der Waals surface area contributed by atoms with Crippen LogP contribution in [0.25, 0.3) is 0 Å². The fraction of sp³-hybridized carbons (Fsp3) is 0.200. The van der Waals surface area contributed by atoms with Crippen LogP contribution in [-0.4, -0.2) is 10.1 Å². The van der Waals surface area contributed by atoms with Crippen LogP contribution in [0.2, 0.25) is 0 Å². The molecule has 0 unspecified atom stereocenters. The summed E-state index contributed by atoms with van der Waals surface area (Å²) in [4.78, 5) is 4.00. The van der Waals surface area contributed by atoms with Crippen molar-refractivity contribution in [3.8, 4) is 0 Å². The molecule has 1 aromatic carbocycles. The quantitative estimate of drug-likeness (QED) is 0.822. The van der Waals surface area contributed by atoms with Gasteiger partial charge in [-0.15, -0.1) is 0 Å². The molecular formula is C10H10FN3O. The summed E-state index contributed by atoms with van der Waals surface area (Å²) in [5, 5.41) is 3.63. The van der Waals surface area contributed by atoms with Crippen molar-refractivity contribution >= 4 is 0 Å². The maximum absolute atomic E-state index is 13.2. The molecule has 1 heterocycles. The van der Waals surface area contributed by atoms with E-state index in [2.05, 4.69) is 10.1 Å². The number of nitrogens with zero attached hydrogens (tertiary/aromatic N) is 2. The monoisotopic (exact) mass is 207 g/mol. The van der Waals surface area contributed by atoms with Crippen molar-refractivity contribution in [2.45, 2.75) is 13.0 Å². The van der Waals surface area contributed by atoms with Gasteiger partial charge in [0.25, 0.3) is 0 Å². The molecule has 0 atom stereocenters. The molecule has 0 spiro atoms. The molecule has 2 N–H and O–H groups in total. The number of hydrogen-bond donors (Lipinski definition) is 1. The summed E-state index contributed by atoms with van der Waals surface area (Å²) in [5.41, 5.74) is 5.86. The molecule has 2 aromatic rings. The Morgan fingerprint density at radius 3 is 2.80 bits per heavy atom. The van der Waals surface area contributed by atoms with Gasteiger partial charge in [-0.25, -0.2) is 4.39 Å². The van der Waals surface area contributed by atoms with E-state index in [9.17, 15) is 4.39 Å². The highest BCUT2D eigenvalue weighted by atomic mass is 19.1. The van der Waals surface area contributed by atoms with Crippen LogP contribution in [-0.2, 0) is 13.0 Å². The van der Waals surface area contributed by atoms with E-state index < -0.39 is 0 Å². The molecule has 0 saturated heterocycles. The molecule has 0 aliphatic carbocycles. The van der Waals surface area contributed by atoms with E-state index in [1.165, 1.54) is 6.07 Å². The lowest BCUT2D eigenvalue weighted by Gasteiger charge is -1.97. The first kappa shape index (κ1) is 9.79. The van der Waals surface area contributed by atoms with Gasteiger partial charge in [0, 0.05) is 0 Å². The Labute approximate surface area is 85.9 Å². The summed E-state index contributed by atoms with van der Waals surface area (Å²) < 4.78 is 18.2. The predicted octanol–water partition coefficient (Wildman–Crippen LogP) is 1.26. The average molecular weight is 207 g/mol. The minimum Gasteiger partial charge on any atom is -0.339 e. The fourth-order valence-corrected chi connectivity index (χ4v) is 1.25. The third-order valence-corrected chi connectivity index (χ3v) is 1.99. The number of hydrogen-bond acceptors (Lipinski definition) is 4. The summed E-state index contributed by atoms with van der Waals surface area (Å²) in [6.07, 6.45) is 0.291. The van der Waals surface area contributed by atoms with Crippen molar-refractivity contribution in [3.63, 3.8) is 0 Å². The van der Waals surface area contributed by atoms with Crippen molar-refractivity contribution in [1.29, 1.82) is 0 Å². The molecule has 4 nitrogen and oxygen atoms in total. The van der Waals surface area contributed by atoms with E-state index >= 15 is 0 Å². The Bertz CT molecular complexity index is 455. The first-order valence-corrected chi connectivity index (χ1v) is 4.54. The lowest BCUT2D eigenvalue weighted by molar-refractivity contribution is 0.378. The molecule has 0 fully saturated rings. The number of nitrogens with two attached hydrogens (primary N) is 1. The van der Waals surface area contributed by atoms with Crippen LogP contribution >= 0.6 is 0 Å². The van der Waals surface area contributed by atoms with E-state index in [1.807, 2.05) is 0 Å². The van der Waals surface area contributed by atoms with Crippen molar-refractivity contribution in [2.75, 3.05) is 0 Å². The van der Waals surface area contributed by atoms with Crippen LogP contribution in [0.3, 0.4) is 0 Å². The first-order chi connectivity index (χ1) is 7.29. The van der Waals surface area contributed by atoms with Gasteiger partial charge in [-0.05, 0) is 11.6 Å². The molecule has 0 saturated carbocycles. The molecule has 0 bridgehead atoms. The molecule has 1 aromatic heterocycles. The molecule has 0 radical (unpaired) electrons. The zero-order valence-electron chi connectivity index (χ0n) is 7.98. The molecule has 0 aliphatic heterocycles. The van der Waals surface area contributed by atoms with Gasteiger partial charge in [0.15, 0.2) is 5.82 Å². The van der Waals surface area contributed by atoms with Crippen molar-refractivity contribution in [1.82, 2.24) is 10.1 Å². The molecule has 5 heteroatoms. The Hall–Kier alpha value is -1.75. The van der Waals surface area contributed by atoms with Gasteiger partial charge in [-0.2, -0.15) is 4.98 Å². The fourth-order valence-electron chi connectivity index (χ4n) is 1.25. The normalized spacial score (nSPS) is 10.5. The van der Waals surface area contributed by atoms with E-state index in [-0.39, 0.29) is 12.4 Å². The van der Waals surface area contributed by atoms with Gasteiger partial charge in [0.1, 0.15) is 5.82 Å². The molecule has 2 rings (SSSR count). The van der Waals surface area contributed by atoms with E-state index in [0.29, 0.717) is 23.7 Å². The summed E-state index contributed by atoms with van der Waals surface area (Å²) in [6, 6.07) is 6.48. The van der Waals surface area contributed by atoms with Gasteiger partial charge in [-0.1, -0.05) is 23.4 Å². The van der Waals surface area contributed by atoms with E-state index in [0.717, 1.165) is 0 Å². The van der Waals surface area contributed by atoms with Crippen LogP contribution in [0.15, 0.2) is 28.8 Å². The molecule has 0 amide bonds. The largest absolute Gasteiger partial charge is 0.339 e. The second-order valence-corrected chi connectivity index (χ2v) is 3.08. The maximum atomic E-state index is 13.2. The van der Waals surface area contributed by atoms with E-state index in [1.54, 1.807) is 18.2 Å². The number of aromatic nitrogens is 2. The molecule has 15 heavy (non-hydrogen) atoms. The van der Waals surface area contributed by atoms with Crippen molar-refractivity contribution in [2.24, 2.45) is 5.73 Å². The van der Waals surface area contributed by atoms with Crippen LogP contribution in [0.1, 0.15) is 17.3 Å². The Kier molecular flexibility index (Phi) is 2.73. The molecule has 78 valence electrons. The highest BCUT2D eigenvalue weighted by molar-refractivity contribution is 5.20. The third-order valence-electron chi connectivity index (χ3n) is 1.99. The van der Waals surface area contributed by atoms with Crippen molar-refractivity contribution in [3.05, 3.63) is 47.4 Å². The van der Waals surface area contributed by atoms with Gasteiger partial charge in [-0.3, -0.25) is 0 Å². The third kappa shape index (κ3) is 2.19. The van der Waals surface area contributed by atoms with E-state index in [4.69, 9.17) is 10.3 Å². The Balaban J connectivity index is 2.18. The standard InChI is InChI=1S/C10H10FN3O/c11-8-4-2-1-3-7(8)5-10-13-9(6-12)14-15-10/h1-4H,5-6,12H2. The maximum Gasteiger partial charge on any atom is 0.231 e. The first-order valence-electron chi connectivity index (χ1n) is 4.54. The number of rotatable bonds is 3. The molecular weight excluding hydrogens is 197 g/mol. The Morgan fingerprint density at radius 1 is 1.33 bits per heavy atom. The summed E-state index contributed by atoms with van der Waals surface area (Å²) >= 11 is 0. The predicted molar refractivity (Wildman–Crippen MR) is 51.4 cm³/mol. The van der Waals surface area contributed by atoms with Gasteiger partial charge in [0.2, 0.25) is 5.89 Å². The van der Waals surface area contributed by atoms with Gasteiger partial charge < -0.3 is 10.3 Å². The van der Waals surface area contributed by atoms with Crippen LogP contribution in [0.4, 0.5) is 4.39 Å². The number of halogens is 1. The smallest absolute Gasteiger partial charge is 0.231 e. The van der Waals surface area contributed by atoms with Crippen LogP contribution in [0, 0.1) is 5.82 Å². The van der Waals surface area contributed by atoms with Crippen LogP contribution in [0.5, 0.6) is 0 Å². The van der Waals surface area contributed by atoms with Crippen LogP contribution < -0.4 is 5.73 Å². The zero-order chi connectivity index (χ0) is 10.7. The second-order valence-electron chi connectivity index (χ2n) is 3.08. The SMILES string of the molecule is NCc1noc(Cc2ccccc2F)n1. The lowest BCUT2D eigenvalue weighted by atomic mass is 10.1. The lowest BCUT2D eigenvalue weighted by Crippen LogP contribution is -1.98. The minimum absolute atomic E-state index is 0.223. The second kappa shape index (κ2) is 4.18. The van der Waals surface area contributed by atoms with Crippen molar-refractivity contribution < 1.29 is 8.91 Å². The van der Waals surface area contributed by atoms with Gasteiger partial charge in [0.05, 0.1) is 13.0 Å². The topological polar surface area (TPSA) is 64.9 Å². The number of benzene rings is 1. The Morgan fingerprint density at radius 2 is 2.13 bits per heavy atom. The minimum atomic E-state index is -0.273. The summed E-state index contributed by atoms with van der Waals surface area (Å²) in [5.74, 6) is 0.534. The zero-order valence-corrected chi connectivity index (χ0v) is 7.98. The highest BCUT2D eigenvalue weighted by Gasteiger charge is 2.08. The summed E-state index contributed by atoms with van der Waals surface area (Å²) in [7, 11) is 0. The average Bonchev–Trinajstić information content (AvgIpc) is 2.69. The summed E-state index contributed by atoms with van der Waals surface area (Å²) in [6.45, 7) is 0.223. The highest BCUT2D eigenvalue weighted by Crippen LogP contribution is 2.11. The molecule has 0 aliphatic rings.